The van der Waals surface area contributed by atoms with Crippen molar-refractivity contribution in [3.63, 3.8) is 0 Å². The molecule has 0 aromatic heterocycles. The highest BCUT2D eigenvalue weighted by molar-refractivity contribution is 5.63. The number of non-ortho nitro benzene ring substituents is 1. The number of nitro benzene ring substituents is 3. The van der Waals surface area contributed by atoms with Crippen molar-refractivity contribution in [1.29, 1.82) is 0 Å². The number of nitro groups is 3. The zero-order valence-corrected chi connectivity index (χ0v) is 14.6. The maximum atomic E-state index is 11.1. The third-order valence-corrected chi connectivity index (χ3v) is 3.30. The molecule has 0 atom stereocenters. The Labute approximate surface area is 144 Å². The molecule has 1 aromatic rings. The first-order valence-electron chi connectivity index (χ1n) is 7.57. The van der Waals surface area contributed by atoms with Crippen LogP contribution in [0, 0.1) is 30.3 Å². The first-order chi connectivity index (χ1) is 11.5. The summed E-state index contributed by atoms with van der Waals surface area (Å²) < 4.78 is 1.19. The lowest BCUT2D eigenvalue weighted by Gasteiger charge is -2.28. The molecule has 0 bridgehead atoms. The van der Waals surface area contributed by atoms with E-state index in [0.717, 1.165) is 0 Å². The predicted octanol–water partition coefficient (Wildman–Crippen LogP) is 2.37. The Hall–Kier alpha value is -2.82. The largest absolute Gasteiger partial charge is 0.863 e. The summed E-state index contributed by atoms with van der Waals surface area (Å²) in [5.41, 5.74) is -3.26. The fraction of sp³-hybridized carbons (Fsp3) is 0.571. The second kappa shape index (κ2) is 9.47. The molecule has 1 aromatic carbocycles. The molecule has 0 fully saturated rings. The van der Waals surface area contributed by atoms with Gasteiger partial charge in [-0.05, 0) is 12.8 Å². The van der Waals surface area contributed by atoms with Gasteiger partial charge in [0.15, 0.2) is 0 Å². The van der Waals surface area contributed by atoms with Gasteiger partial charge >= 0.3 is 0 Å². The van der Waals surface area contributed by atoms with Gasteiger partial charge in [-0.3, -0.25) is 30.3 Å². The van der Waals surface area contributed by atoms with Gasteiger partial charge in [-0.2, -0.15) is 0 Å². The van der Waals surface area contributed by atoms with E-state index in [-0.39, 0.29) is 0 Å². The first kappa shape index (κ1) is 22.2. The van der Waals surface area contributed by atoms with Gasteiger partial charge in [-0.1, -0.05) is 13.8 Å². The normalized spacial score (nSPS) is 10.6. The van der Waals surface area contributed by atoms with E-state index in [1.54, 1.807) is 0 Å². The van der Waals surface area contributed by atoms with Crippen molar-refractivity contribution in [3.8, 4) is 5.75 Å². The molecule has 1 rings (SSSR count). The Morgan fingerprint density at radius 1 is 0.840 bits per heavy atom. The molecule has 0 saturated heterocycles. The van der Waals surface area contributed by atoms with E-state index >= 15 is 0 Å². The predicted molar refractivity (Wildman–Crippen MR) is 88.3 cm³/mol. The fourth-order valence-electron chi connectivity index (χ4n) is 2.28. The molecule has 11 heteroatoms. The molecule has 25 heavy (non-hydrogen) atoms. The summed E-state index contributed by atoms with van der Waals surface area (Å²) in [7, 11) is 4.60. The molecule has 11 nitrogen and oxygen atoms in total. The van der Waals surface area contributed by atoms with Crippen LogP contribution in [0.25, 0.3) is 0 Å². The Bertz CT molecular complexity index is 603. The summed E-state index contributed by atoms with van der Waals surface area (Å²) in [5, 5.41) is 42.1. The Kier molecular flexibility index (Phi) is 8.40. The minimum atomic E-state index is -1.46. The van der Waals surface area contributed by atoms with Crippen LogP contribution in [0.5, 0.6) is 5.75 Å². The molecule has 0 aliphatic rings. The smallest absolute Gasteiger partial charge is 0.283 e. The number of quaternary nitrogens is 1. The van der Waals surface area contributed by atoms with Crippen molar-refractivity contribution >= 4 is 17.1 Å². The second-order valence-corrected chi connectivity index (χ2v) is 5.97. The average molecular weight is 358 g/mol. The Morgan fingerprint density at radius 2 is 1.20 bits per heavy atom. The van der Waals surface area contributed by atoms with Crippen molar-refractivity contribution in [3.05, 3.63) is 42.5 Å². The van der Waals surface area contributed by atoms with Gasteiger partial charge in [0.1, 0.15) is 0 Å². The molecular weight excluding hydrogens is 336 g/mol. The highest BCUT2D eigenvalue weighted by atomic mass is 16.6. The standard InChI is InChI=1S/C8H20N.C6H3N3O7/c1-5-7-9(3,4)8-6-2;10-6-4(8(13)14)1-3(7(11)12)2-5(6)9(15)16/h5-8H2,1-4H3;1-2,10H/q+1;/p-1. The van der Waals surface area contributed by atoms with E-state index in [0.29, 0.717) is 12.1 Å². The molecule has 0 unspecified atom stereocenters. The van der Waals surface area contributed by atoms with Gasteiger partial charge in [-0.15, -0.1) is 0 Å². The molecule has 140 valence electrons. The van der Waals surface area contributed by atoms with E-state index in [1.807, 2.05) is 0 Å². The summed E-state index contributed by atoms with van der Waals surface area (Å²) in [6, 6.07) is 0.769. The third kappa shape index (κ3) is 7.08. The van der Waals surface area contributed by atoms with Gasteiger partial charge in [-0.25, -0.2) is 0 Å². The molecule has 0 spiro atoms. The molecule has 0 heterocycles. The van der Waals surface area contributed by atoms with Crippen LogP contribution in [-0.4, -0.2) is 46.4 Å². The van der Waals surface area contributed by atoms with Crippen molar-refractivity contribution in [1.82, 2.24) is 0 Å². The van der Waals surface area contributed by atoms with E-state index in [9.17, 15) is 35.4 Å². The average Bonchev–Trinajstić information content (AvgIpc) is 2.46. The number of rotatable bonds is 7. The molecule has 0 saturated carbocycles. The summed E-state index contributed by atoms with van der Waals surface area (Å²) in [6.45, 7) is 7.12. The van der Waals surface area contributed by atoms with Crippen molar-refractivity contribution in [2.24, 2.45) is 0 Å². The van der Waals surface area contributed by atoms with Gasteiger partial charge in [0, 0.05) is 0 Å². The maximum absolute atomic E-state index is 11.1. The van der Waals surface area contributed by atoms with Crippen molar-refractivity contribution < 1.29 is 24.4 Å². The molecule has 0 amide bonds. The van der Waals surface area contributed by atoms with Crippen molar-refractivity contribution in [2.45, 2.75) is 26.7 Å². The lowest BCUT2D eigenvalue weighted by atomic mass is 10.2. The van der Waals surface area contributed by atoms with E-state index in [2.05, 4.69) is 27.9 Å². The van der Waals surface area contributed by atoms with Crippen LogP contribution < -0.4 is 5.11 Å². The second-order valence-electron chi connectivity index (χ2n) is 5.97. The Morgan fingerprint density at radius 3 is 1.44 bits per heavy atom. The van der Waals surface area contributed by atoms with Crippen LogP contribution in [0.4, 0.5) is 17.1 Å². The summed E-state index contributed by atoms with van der Waals surface area (Å²) in [5.74, 6) is -1.46. The minimum Gasteiger partial charge on any atom is -0.863 e. The number of hydrogen-bond donors (Lipinski definition) is 0. The van der Waals surface area contributed by atoms with Gasteiger partial charge in [0.2, 0.25) is 0 Å². The van der Waals surface area contributed by atoms with Gasteiger partial charge in [0.05, 0.1) is 59.8 Å². The zero-order chi connectivity index (χ0) is 19.8. The third-order valence-electron chi connectivity index (χ3n) is 3.30. The molecule has 0 aliphatic heterocycles. The van der Waals surface area contributed by atoms with E-state index in [1.165, 1.54) is 30.4 Å². The van der Waals surface area contributed by atoms with Crippen LogP contribution in [0.3, 0.4) is 0 Å². The van der Waals surface area contributed by atoms with E-state index < -0.39 is 37.6 Å². The monoisotopic (exact) mass is 358 g/mol. The zero-order valence-electron chi connectivity index (χ0n) is 14.6. The molecule has 0 N–H and O–H groups in total. The molecular formula is C14H22N4O7. The highest BCUT2D eigenvalue weighted by Crippen LogP contribution is 2.36. The minimum absolute atomic E-state index is 0.384. The Balaban J connectivity index is 0.000000547. The molecule has 0 radical (unpaired) electrons. The lowest BCUT2D eigenvalue weighted by molar-refractivity contribution is -0.890. The molecule has 0 aliphatic carbocycles. The van der Waals surface area contributed by atoms with Crippen LogP contribution >= 0.6 is 0 Å². The SMILES string of the molecule is CCC[N+](C)(C)CCC.O=[N+]([O-])c1cc([N+](=O)[O-])c([O-])c([N+](=O)[O-])c1. The van der Waals surface area contributed by atoms with Crippen molar-refractivity contribution in [2.75, 3.05) is 27.2 Å². The van der Waals surface area contributed by atoms with Crippen LogP contribution in [-0.2, 0) is 0 Å². The number of benzene rings is 1. The summed E-state index contributed by atoms with van der Waals surface area (Å²) in [6.07, 6.45) is 2.60. The quantitative estimate of drug-likeness (QED) is 0.412. The fourth-order valence-corrected chi connectivity index (χ4v) is 2.28. The van der Waals surface area contributed by atoms with Gasteiger partial charge in [0.25, 0.3) is 17.1 Å². The highest BCUT2D eigenvalue weighted by Gasteiger charge is 2.24. The lowest BCUT2D eigenvalue weighted by Crippen LogP contribution is -2.40. The van der Waals surface area contributed by atoms with E-state index in [4.69, 9.17) is 0 Å². The van der Waals surface area contributed by atoms with Gasteiger partial charge < -0.3 is 9.59 Å². The number of nitrogens with zero attached hydrogens (tertiary/aromatic N) is 4. The summed E-state index contributed by atoms with van der Waals surface area (Å²) >= 11 is 0. The first-order valence-corrected chi connectivity index (χ1v) is 7.57. The maximum Gasteiger partial charge on any atom is 0.283 e. The van der Waals surface area contributed by atoms with Crippen LogP contribution in [0.15, 0.2) is 12.1 Å². The topological polar surface area (TPSA) is 152 Å². The van der Waals surface area contributed by atoms with Crippen LogP contribution in [0.2, 0.25) is 0 Å². The summed E-state index contributed by atoms with van der Waals surface area (Å²) in [4.78, 5) is 27.5. The van der Waals surface area contributed by atoms with Crippen LogP contribution in [0.1, 0.15) is 26.7 Å². The number of hydrogen-bond acceptors (Lipinski definition) is 7.